The molecular weight excluding hydrogens is 808 g/mol. The molecule has 0 aromatic carbocycles. The maximum atomic E-state index is 13.9. The molecule has 2 saturated heterocycles. The van der Waals surface area contributed by atoms with Gasteiger partial charge in [-0.25, -0.2) is 0 Å². The van der Waals surface area contributed by atoms with Gasteiger partial charge in [0.1, 0.15) is 48.3 Å². The van der Waals surface area contributed by atoms with Crippen molar-refractivity contribution in [1.82, 2.24) is 42.1 Å². The molecule has 9 atom stereocenters. The molecule has 2 aliphatic heterocycles. The predicted molar refractivity (Wildman–Crippen MR) is 210 cm³/mol. The summed E-state index contributed by atoms with van der Waals surface area (Å²) >= 11 is 0. The molecule has 340 valence electrons. The highest BCUT2D eigenvalue weighted by Gasteiger charge is 2.42. The monoisotopic (exact) mass is 866 g/mol. The zero-order valence-corrected chi connectivity index (χ0v) is 34.7. The smallest absolute Gasteiger partial charge is 0.325 e. The van der Waals surface area contributed by atoms with E-state index in [1.165, 1.54) is 6.92 Å². The van der Waals surface area contributed by atoms with Crippen LogP contribution in [-0.4, -0.2) is 141 Å². The van der Waals surface area contributed by atoms with Crippen LogP contribution in [0.2, 0.25) is 0 Å². The molecule has 2 heterocycles. The Kier molecular flexibility index (Phi) is 19.5. The van der Waals surface area contributed by atoms with Gasteiger partial charge in [-0.15, -0.1) is 0 Å². The van der Waals surface area contributed by atoms with Crippen LogP contribution < -0.4 is 48.7 Å². The van der Waals surface area contributed by atoms with Gasteiger partial charge in [0.15, 0.2) is 0 Å². The molecule has 0 spiro atoms. The lowest BCUT2D eigenvalue weighted by molar-refractivity contribution is -0.146. The summed E-state index contributed by atoms with van der Waals surface area (Å²) in [6.45, 7) is 7.52. The Labute approximate surface area is 351 Å². The second-order valence-corrected chi connectivity index (χ2v) is 15.5. The maximum absolute atomic E-state index is 13.9. The van der Waals surface area contributed by atoms with Crippen molar-refractivity contribution in [1.29, 1.82) is 0 Å². The number of nitrogens with one attached hydrogen (secondary N) is 7. The first-order valence-corrected chi connectivity index (χ1v) is 19.9. The van der Waals surface area contributed by atoms with E-state index in [1.54, 1.807) is 27.7 Å². The number of hydrogen-bond donors (Lipinski definition) is 11. The molecular formula is C37H58N10O14. The Morgan fingerprint density at radius 2 is 1.33 bits per heavy atom. The molecule has 0 saturated carbocycles. The number of carboxylic acids is 2. The number of nitrogens with two attached hydrogens (primary N) is 2. The summed E-state index contributed by atoms with van der Waals surface area (Å²) in [5.41, 5.74) is 10.6. The molecule has 24 heteroatoms. The molecule has 0 aromatic rings. The minimum absolute atomic E-state index is 0.0150. The van der Waals surface area contributed by atoms with E-state index in [9.17, 15) is 67.7 Å². The van der Waals surface area contributed by atoms with Crippen LogP contribution >= 0.6 is 0 Å². The zero-order valence-electron chi connectivity index (χ0n) is 34.7. The molecule has 0 radical (unpaired) electrons. The quantitative estimate of drug-likeness (QED) is 0.0437. The van der Waals surface area contributed by atoms with E-state index in [2.05, 4.69) is 37.2 Å². The van der Waals surface area contributed by atoms with Crippen molar-refractivity contribution in [3.8, 4) is 0 Å². The third-order valence-corrected chi connectivity index (χ3v) is 10.3. The molecule has 2 fully saturated rings. The van der Waals surface area contributed by atoms with Gasteiger partial charge in [-0.05, 0) is 44.4 Å². The van der Waals surface area contributed by atoms with Crippen molar-refractivity contribution < 1.29 is 67.7 Å². The Bertz CT molecular complexity index is 1720. The summed E-state index contributed by atoms with van der Waals surface area (Å²) in [7, 11) is 0. The van der Waals surface area contributed by atoms with E-state index in [0.717, 1.165) is 4.90 Å². The van der Waals surface area contributed by atoms with E-state index >= 15 is 0 Å². The molecule has 0 aliphatic carbocycles. The Balaban J connectivity index is 2.29. The molecule has 0 bridgehead atoms. The fourth-order valence-electron chi connectivity index (χ4n) is 6.57. The van der Waals surface area contributed by atoms with Crippen LogP contribution in [0.25, 0.3) is 0 Å². The third kappa shape index (κ3) is 15.6. The number of likely N-dealkylation sites (tertiary alicyclic amines) is 1. The van der Waals surface area contributed by atoms with Gasteiger partial charge in [0.25, 0.3) is 0 Å². The second kappa shape index (κ2) is 23.4. The fraction of sp³-hybridized carbons (Fsp3) is 0.676. The average Bonchev–Trinajstić information content (AvgIpc) is 3.85. The average molecular weight is 867 g/mol. The SMILES string of the molecule is CCC(C)C(NC(=O)C(CC(N)=O)NC(=O)C1CCCN1C(=O)C(CC(=O)O)NC(=O)C(NC(=O)C1CCC(=O)N1)C(C)C)C(=O)NC(CCC(N)=O)C(=O)NC(C)C(=O)O. The molecule has 61 heavy (non-hydrogen) atoms. The standard InChI is InChI=1S/C37H58N10O14/c1-6-17(4)29(35(58)42-20(9-11-24(38)48)30(53)40-18(5)37(60)61)46-32(55)21(14-25(39)49)43-33(56)23-8-7-13-47(23)36(59)22(15-27(51)52)44-34(57)28(16(2)3)45-31(54)19-10-12-26(50)41-19/h16-23,28-29H,6-15H2,1-5H3,(H2,38,48)(H2,39,49)(H,40,53)(H,41,50)(H,42,58)(H,43,56)(H,44,57)(H,45,54)(H,46,55)(H,51,52)(H,60,61). The van der Waals surface area contributed by atoms with Gasteiger partial charge >= 0.3 is 11.9 Å². The van der Waals surface area contributed by atoms with Crippen molar-refractivity contribution in [3.63, 3.8) is 0 Å². The maximum Gasteiger partial charge on any atom is 0.325 e. The highest BCUT2D eigenvalue weighted by atomic mass is 16.4. The van der Waals surface area contributed by atoms with Gasteiger partial charge < -0.3 is 63.8 Å². The van der Waals surface area contributed by atoms with Crippen molar-refractivity contribution in [2.24, 2.45) is 23.3 Å². The van der Waals surface area contributed by atoms with Gasteiger partial charge in [-0.2, -0.15) is 0 Å². The summed E-state index contributed by atoms with van der Waals surface area (Å²) in [5, 5.41) is 35.6. The number of rotatable bonds is 24. The van der Waals surface area contributed by atoms with Crippen molar-refractivity contribution in [2.75, 3.05) is 6.54 Å². The minimum Gasteiger partial charge on any atom is -0.481 e. The largest absolute Gasteiger partial charge is 0.481 e. The van der Waals surface area contributed by atoms with Crippen LogP contribution in [-0.2, 0) is 57.5 Å². The second-order valence-electron chi connectivity index (χ2n) is 15.5. The van der Waals surface area contributed by atoms with Crippen molar-refractivity contribution >= 4 is 71.0 Å². The van der Waals surface area contributed by atoms with E-state index in [1.807, 2.05) is 0 Å². The summed E-state index contributed by atoms with van der Waals surface area (Å²) in [5.74, 6) is -12.7. The molecule has 24 nitrogen and oxygen atoms in total. The lowest BCUT2D eigenvalue weighted by Crippen LogP contribution is -2.61. The number of carboxylic acid groups (broad SMARTS) is 2. The Hall–Kier alpha value is -6.36. The normalized spacial score (nSPS) is 19.4. The van der Waals surface area contributed by atoms with Gasteiger partial charge in [0.2, 0.25) is 59.1 Å². The van der Waals surface area contributed by atoms with Crippen molar-refractivity contribution in [3.05, 3.63) is 0 Å². The first-order valence-electron chi connectivity index (χ1n) is 19.9. The van der Waals surface area contributed by atoms with E-state index < -0.39 is 138 Å². The van der Waals surface area contributed by atoms with Crippen LogP contribution in [0.15, 0.2) is 0 Å². The molecule has 10 amide bonds. The van der Waals surface area contributed by atoms with E-state index in [0.29, 0.717) is 0 Å². The first kappa shape index (κ1) is 50.8. The van der Waals surface area contributed by atoms with E-state index in [4.69, 9.17) is 11.5 Å². The summed E-state index contributed by atoms with van der Waals surface area (Å²) < 4.78 is 0. The first-order chi connectivity index (χ1) is 28.5. The fourth-order valence-corrected chi connectivity index (χ4v) is 6.57. The van der Waals surface area contributed by atoms with E-state index in [-0.39, 0.29) is 57.4 Å². The molecule has 2 aliphatic rings. The lowest BCUT2D eigenvalue weighted by atomic mass is 9.96. The lowest BCUT2D eigenvalue weighted by Gasteiger charge is -2.31. The zero-order chi connectivity index (χ0) is 46.3. The van der Waals surface area contributed by atoms with Gasteiger partial charge in [0, 0.05) is 19.4 Å². The highest BCUT2D eigenvalue weighted by Crippen LogP contribution is 2.21. The Morgan fingerprint density at radius 1 is 0.721 bits per heavy atom. The highest BCUT2D eigenvalue weighted by molar-refractivity contribution is 6.00. The van der Waals surface area contributed by atoms with Crippen LogP contribution in [0.5, 0.6) is 0 Å². The van der Waals surface area contributed by atoms with Crippen molar-refractivity contribution in [2.45, 2.75) is 141 Å². The number of primary amides is 2. The molecule has 13 N–H and O–H groups in total. The number of amides is 10. The Morgan fingerprint density at radius 3 is 1.85 bits per heavy atom. The van der Waals surface area contributed by atoms with Gasteiger partial charge in [-0.3, -0.25) is 57.5 Å². The summed E-state index contributed by atoms with van der Waals surface area (Å²) in [4.78, 5) is 154. The van der Waals surface area contributed by atoms with Crippen LogP contribution in [0, 0.1) is 11.8 Å². The van der Waals surface area contributed by atoms with Crippen LogP contribution in [0.1, 0.15) is 92.4 Å². The minimum atomic E-state index is -1.72. The van der Waals surface area contributed by atoms with Gasteiger partial charge in [-0.1, -0.05) is 34.1 Å². The molecule has 9 unspecified atom stereocenters. The molecule has 0 aromatic heterocycles. The summed E-state index contributed by atoms with van der Waals surface area (Å²) in [6.07, 6.45) is -1.58. The number of nitrogens with zero attached hydrogens (tertiary/aromatic N) is 1. The number of carbonyl (C=O) groups is 12. The third-order valence-electron chi connectivity index (χ3n) is 10.3. The van der Waals surface area contributed by atoms with Gasteiger partial charge in [0.05, 0.1) is 12.8 Å². The van der Waals surface area contributed by atoms with Crippen LogP contribution in [0.3, 0.4) is 0 Å². The topological polar surface area (TPSA) is 385 Å². The predicted octanol–water partition coefficient (Wildman–Crippen LogP) is -4.41. The van der Waals surface area contributed by atoms with Crippen LogP contribution in [0.4, 0.5) is 0 Å². The number of carbonyl (C=O) groups excluding carboxylic acids is 10. The number of aliphatic carboxylic acids is 2. The number of hydrogen-bond acceptors (Lipinski definition) is 12. The molecule has 2 rings (SSSR count). The summed E-state index contributed by atoms with van der Waals surface area (Å²) in [6, 6.07) is -11.2.